The number of amidine groups is 1. The van der Waals surface area contributed by atoms with Gasteiger partial charge < -0.3 is 4.90 Å². The minimum Gasteiger partial charge on any atom is -0.362 e. The number of aliphatic imine (C=N–C) groups is 1. The normalized spacial score (nSPS) is 16.4. The van der Waals surface area contributed by atoms with E-state index >= 15 is 0 Å². The topological polar surface area (TPSA) is 15.6 Å². The summed E-state index contributed by atoms with van der Waals surface area (Å²) >= 11 is 0. The summed E-state index contributed by atoms with van der Waals surface area (Å²) in [5.41, 5.74) is 0. The van der Waals surface area contributed by atoms with Gasteiger partial charge in [-0.3, -0.25) is 4.99 Å². The first-order chi connectivity index (χ1) is 4.30. The molecule has 2 nitrogen and oxygen atoms in total. The van der Waals surface area contributed by atoms with Crippen molar-refractivity contribution in [2.24, 2.45) is 4.99 Å². The van der Waals surface area contributed by atoms with Gasteiger partial charge in [-0.2, -0.15) is 0 Å². The van der Waals surface area contributed by atoms with Gasteiger partial charge >= 0.3 is 0 Å². The van der Waals surface area contributed by atoms with Crippen LogP contribution in [0.2, 0.25) is 0 Å². The monoisotopic (exact) mass is 128 g/mol. The highest BCUT2D eigenvalue weighted by atomic mass is 15.2. The highest BCUT2D eigenvalue weighted by molar-refractivity contribution is 5.80. The van der Waals surface area contributed by atoms with Gasteiger partial charge in [-0.25, -0.2) is 0 Å². The lowest BCUT2D eigenvalue weighted by atomic mass is 10.6. The van der Waals surface area contributed by atoms with E-state index < -0.39 is 0 Å². The Bertz CT molecular complexity index is 97.1. The summed E-state index contributed by atoms with van der Waals surface area (Å²) in [6.07, 6.45) is 0. The van der Waals surface area contributed by atoms with Crippen molar-refractivity contribution in [1.29, 1.82) is 0 Å². The minimum atomic E-state index is 0.988. The van der Waals surface area contributed by atoms with Crippen LogP contribution in [0, 0.1) is 0 Å². The minimum absolute atomic E-state index is 0.988. The fraction of sp³-hybridized carbons (Fsp3) is 0.857. The Morgan fingerprint density at radius 3 is 2.11 bits per heavy atom. The summed E-state index contributed by atoms with van der Waals surface area (Å²) in [5, 5.41) is 0. The van der Waals surface area contributed by atoms with Gasteiger partial charge in [0.05, 0.1) is 12.4 Å². The Balaban J connectivity index is 0.000000291. The van der Waals surface area contributed by atoms with Gasteiger partial charge in [-0.1, -0.05) is 13.8 Å². The molecule has 0 N–H and O–H groups in total. The fourth-order valence-electron chi connectivity index (χ4n) is 0.644. The summed E-state index contributed by atoms with van der Waals surface area (Å²) < 4.78 is 0. The average Bonchev–Trinajstić information content (AvgIpc) is 2.23. The van der Waals surface area contributed by atoms with E-state index in [1.165, 1.54) is 5.84 Å². The zero-order chi connectivity index (χ0) is 7.28. The first kappa shape index (κ1) is 8.47. The largest absolute Gasteiger partial charge is 0.362 e. The number of rotatable bonds is 0. The van der Waals surface area contributed by atoms with Gasteiger partial charge in [0.2, 0.25) is 0 Å². The van der Waals surface area contributed by atoms with Gasteiger partial charge in [0.1, 0.15) is 0 Å². The molecule has 0 fully saturated rings. The molecule has 1 aliphatic rings. The zero-order valence-electron chi connectivity index (χ0n) is 6.81. The Labute approximate surface area is 57.6 Å². The molecule has 9 heavy (non-hydrogen) atoms. The molecule has 1 heterocycles. The van der Waals surface area contributed by atoms with E-state index in [0.29, 0.717) is 0 Å². The van der Waals surface area contributed by atoms with Crippen LogP contribution < -0.4 is 0 Å². The molecular formula is C7H16N2. The molecule has 54 valence electrons. The summed E-state index contributed by atoms with van der Waals surface area (Å²) in [6, 6.07) is 0. The molecule has 0 radical (unpaired) electrons. The maximum atomic E-state index is 4.16. The van der Waals surface area contributed by atoms with Crippen molar-refractivity contribution < 1.29 is 0 Å². The van der Waals surface area contributed by atoms with Crippen molar-refractivity contribution in [1.82, 2.24) is 4.90 Å². The molecule has 0 bridgehead atoms. The van der Waals surface area contributed by atoms with Gasteiger partial charge in [-0.15, -0.1) is 0 Å². The Morgan fingerprint density at radius 1 is 1.44 bits per heavy atom. The number of hydrogen-bond donors (Lipinski definition) is 0. The van der Waals surface area contributed by atoms with Crippen LogP contribution in [0.3, 0.4) is 0 Å². The van der Waals surface area contributed by atoms with Crippen molar-refractivity contribution in [3.63, 3.8) is 0 Å². The summed E-state index contributed by atoms with van der Waals surface area (Å²) in [5.74, 6) is 1.17. The van der Waals surface area contributed by atoms with Crippen molar-refractivity contribution in [2.45, 2.75) is 20.8 Å². The van der Waals surface area contributed by atoms with E-state index in [2.05, 4.69) is 16.9 Å². The van der Waals surface area contributed by atoms with Crippen LogP contribution in [0.15, 0.2) is 4.99 Å². The highest BCUT2D eigenvalue weighted by Crippen LogP contribution is 1.94. The number of hydrogen-bond acceptors (Lipinski definition) is 2. The van der Waals surface area contributed by atoms with E-state index in [4.69, 9.17) is 0 Å². The van der Waals surface area contributed by atoms with Gasteiger partial charge in [-0.05, 0) is 6.92 Å². The van der Waals surface area contributed by atoms with Gasteiger partial charge in [0.15, 0.2) is 0 Å². The molecule has 0 saturated carbocycles. The van der Waals surface area contributed by atoms with Crippen LogP contribution in [0.25, 0.3) is 0 Å². The molecule has 0 aromatic rings. The first-order valence-electron chi connectivity index (χ1n) is 3.53. The molecule has 1 aliphatic heterocycles. The molecule has 2 heteroatoms. The Kier molecular flexibility index (Phi) is 4.10. The maximum Gasteiger partial charge on any atom is 0.0956 e. The highest BCUT2D eigenvalue weighted by Gasteiger charge is 2.04. The summed E-state index contributed by atoms with van der Waals surface area (Å²) in [4.78, 5) is 6.31. The van der Waals surface area contributed by atoms with Crippen LogP contribution >= 0.6 is 0 Å². The lowest BCUT2D eigenvalue weighted by Crippen LogP contribution is -2.19. The van der Waals surface area contributed by atoms with Crippen LogP contribution in [0.5, 0.6) is 0 Å². The number of likely N-dealkylation sites (N-methyl/N-ethyl adjacent to an activating group) is 1. The van der Waals surface area contributed by atoms with Crippen molar-refractivity contribution in [2.75, 3.05) is 20.1 Å². The fourth-order valence-corrected chi connectivity index (χ4v) is 0.644. The molecule has 0 aliphatic carbocycles. The third-order valence-electron chi connectivity index (χ3n) is 1.33. The number of nitrogens with zero attached hydrogens (tertiary/aromatic N) is 2. The third kappa shape index (κ3) is 2.49. The lowest BCUT2D eigenvalue weighted by Gasteiger charge is -2.07. The summed E-state index contributed by atoms with van der Waals surface area (Å²) in [6.45, 7) is 8.13. The second kappa shape index (κ2) is 4.36. The molecule has 0 spiro atoms. The third-order valence-corrected chi connectivity index (χ3v) is 1.33. The average molecular weight is 128 g/mol. The van der Waals surface area contributed by atoms with Crippen LogP contribution in [0.4, 0.5) is 0 Å². The smallest absolute Gasteiger partial charge is 0.0956 e. The van der Waals surface area contributed by atoms with Crippen molar-refractivity contribution in [3.05, 3.63) is 0 Å². The SMILES string of the molecule is CC.CC1=NCCN1C. The molecule has 0 atom stereocenters. The molecule has 0 unspecified atom stereocenters. The van der Waals surface area contributed by atoms with Crippen LogP contribution in [0.1, 0.15) is 20.8 Å². The standard InChI is InChI=1S/C5H10N2.C2H6/c1-5-6-3-4-7(5)2;1-2/h3-4H2,1-2H3;1-2H3. The molecule has 0 aromatic carbocycles. The van der Waals surface area contributed by atoms with Gasteiger partial charge in [0.25, 0.3) is 0 Å². The van der Waals surface area contributed by atoms with E-state index in [9.17, 15) is 0 Å². The molecule has 1 rings (SSSR count). The van der Waals surface area contributed by atoms with Crippen molar-refractivity contribution in [3.8, 4) is 0 Å². The van der Waals surface area contributed by atoms with Crippen LogP contribution in [-0.4, -0.2) is 30.9 Å². The predicted molar refractivity (Wildman–Crippen MR) is 42.0 cm³/mol. The molecule has 0 saturated heterocycles. The quantitative estimate of drug-likeness (QED) is 0.481. The van der Waals surface area contributed by atoms with E-state index in [1.807, 2.05) is 20.8 Å². The molecule has 0 aromatic heterocycles. The van der Waals surface area contributed by atoms with Crippen LogP contribution in [-0.2, 0) is 0 Å². The maximum absolute atomic E-state index is 4.16. The van der Waals surface area contributed by atoms with Gasteiger partial charge in [0, 0.05) is 13.6 Å². The molecular weight excluding hydrogens is 112 g/mol. The lowest BCUT2D eigenvalue weighted by molar-refractivity contribution is 0.553. The zero-order valence-corrected chi connectivity index (χ0v) is 6.81. The Hall–Kier alpha value is -0.530. The Morgan fingerprint density at radius 2 is 2.00 bits per heavy atom. The second-order valence-electron chi connectivity index (χ2n) is 1.85. The van der Waals surface area contributed by atoms with E-state index in [0.717, 1.165) is 13.1 Å². The first-order valence-corrected chi connectivity index (χ1v) is 3.53. The second-order valence-corrected chi connectivity index (χ2v) is 1.85. The predicted octanol–water partition coefficient (Wildman–Crippen LogP) is 1.38. The molecule has 0 amide bonds. The van der Waals surface area contributed by atoms with E-state index in [1.54, 1.807) is 0 Å². The van der Waals surface area contributed by atoms with Crippen molar-refractivity contribution >= 4 is 5.84 Å². The van der Waals surface area contributed by atoms with E-state index in [-0.39, 0.29) is 0 Å². The summed E-state index contributed by atoms with van der Waals surface area (Å²) in [7, 11) is 2.06.